The number of rotatable bonds is 4. The predicted octanol–water partition coefficient (Wildman–Crippen LogP) is 0.991. The van der Waals surface area contributed by atoms with Gasteiger partial charge in [0, 0.05) is 25.4 Å². The van der Waals surface area contributed by atoms with E-state index in [2.05, 4.69) is 5.32 Å². The minimum Gasteiger partial charge on any atom is -0.381 e. The largest absolute Gasteiger partial charge is 0.381 e. The van der Waals surface area contributed by atoms with Crippen LogP contribution in [-0.4, -0.2) is 58.1 Å². The number of carbonyl (C=O) groups excluding carboxylic acids is 1. The molecule has 1 amide bonds. The van der Waals surface area contributed by atoms with Crippen molar-refractivity contribution in [1.29, 1.82) is 0 Å². The van der Waals surface area contributed by atoms with E-state index in [4.69, 9.17) is 9.47 Å². The summed E-state index contributed by atoms with van der Waals surface area (Å²) in [6.07, 6.45) is 0.691. The van der Waals surface area contributed by atoms with E-state index in [1.165, 1.54) is 10.4 Å². The van der Waals surface area contributed by atoms with Crippen molar-refractivity contribution in [1.82, 2.24) is 4.31 Å². The van der Waals surface area contributed by atoms with Gasteiger partial charge in [0.15, 0.2) is 0 Å². The van der Waals surface area contributed by atoms with E-state index < -0.39 is 10.0 Å². The minimum absolute atomic E-state index is 0.128. The van der Waals surface area contributed by atoms with E-state index in [0.29, 0.717) is 51.6 Å². The van der Waals surface area contributed by atoms with Gasteiger partial charge in [0.25, 0.3) is 0 Å². The third kappa shape index (κ3) is 3.61. The van der Waals surface area contributed by atoms with Crippen LogP contribution in [0.4, 0.5) is 5.69 Å². The predicted molar refractivity (Wildman–Crippen MR) is 88.3 cm³/mol. The Morgan fingerprint density at radius 1 is 1.21 bits per heavy atom. The first-order valence-electron chi connectivity index (χ1n) is 8.05. The smallest absolute Gasteiger partial charge is 0.243 e. The van der Waals surface area contributed by atoms with Gasteiger partial charge in [-0.1, -0.05) is 6.07 Å². The second-order valence-electron chi connectivity index (χ2n) is 6.04. The van der Waals surface area contributed by atoms with Crippen molar-refractivity contribution in [2.75, 3.05) is 44.8 Å². The van der Waals surface area contributed by atoms with E-state index >= 15 is 0 Å². The van der Waals surface area contributed by atoms with E-state index in [1.54, 1.807) is 12.1 Å². The first-order valence-corrected chi connectivity index (χ1v) is 9.49. The number of hydrogen-bond donors (Lipinski definition) is 1. The van der Waals surface area contributed by atoms with Crippen LogP contribution < -0.4 is 5.32 Å². The van der Waals surface area contributed by atoms with Gasteiger partial charge in [-0.25, -0.2) is 8.42 Å². The van der Waals surface area contributed by atoms with Gasteiger partial charge in [0.1, 0.15) is 0 Å². The van der Waals surface area contributed by atoms with E-state index in [-0.39, 0.29) is 16.7 Å². The summed E-state index contributed by atoms with van der Waals surface area (Å²) in [7, 11) is -3.58. The van der Waals surface area contributed by atoms with Crippen molar-refractivity contribution in [3.63, 3.8) is 0 Å². The van der Waals surface area contributed by atoms with Crippen molar-refractivity contribution in [3.8, 4) is 0 Å². The van der Waals surface area contributed by atoms with Crippen molar-refractivity contribution in [2.24, 2.45) is 5.92 Å². The van der Waals surface area contributed by atoms with E-state index in [0.717, 1.165) is 5.56 Å². The fraction of sp³-hybridized carbons (Fsp3) is 0.562. The van der Waals surface area contributed by atoms with Gasteiger partial charge in [-0.05, 0) is 31.0 Å². The van der Waals surface area contributed by atoms with Crippen LogP contribution in [0.5, 0.6) is 0 Å². The molecule has 1 aromatic carbocycles. The zero-order valence-corrected chi connectivity index (χ0v) is 14.5. The number of amides is 1. The van der Waals surface area contributed by atoms with Crippen LogP contribution in [-0.2, 0) is 24.3 Å². The quantitative estimate of drug-likeness (QED) is 0.872. The molecule has 0 saturated carbocycles. The minimum atomic E-state index is -3.58. The Hall–Kier alpha value is -1.48. The second kappa shape index (κ2) is 7.18. The number of anilines is 1. The van der Waals surface area contributed by atoms with Crippen LogP contribution in [0.3, 0.4) is 0 Å². The highest BCUT2D eigenvalue weighted by atomic mass is 32.2. The maximum absolute atomic E-state index is 12.7. The number of nitrogens with zero attached hydrogens (tertiary/aromatic N) is 1. The molecule has 8 heteroatoms. The highest BCUT2D eigenvalue weighted by Gasteiger charge is 2.28. The third-order valence-electron chi connectivity index (χ3n) is 4.38. The average molecular weight is 354 g/mol. The lowest BCUT2D eigenvalue weighted by Crippen LogP contribution is -2.40. The summed E-state index contributed by atoms with van der Waals surface area (Å²) in [6.45, 7) is 4.33. The van der Waals surface area contributed by atoms with Gasteiger partial charge < -0.3 is 14.8 Å². The highest BCUT2D eigenvalue weighted by molar-refractivity contribution is 7.89. The number of ether oxygens (including phenoxy) is 2. The molecule has 0 radical (unpaired) electrons. The van der Waals surface area contributed by atoms with Gasteiger partial charge in [-0.3, -0.25) is 4.79 Å². The Morgan fingerprint density at radius 3 is 2.62 bits per heavy atom. The topological polar surface area (TPSA) is 84.9 Å². The van der Waals surface area contributed by atoms with E-state index in [1.807, 2.05) is 6.92 Å². The first-order chi connectivity index (χ1) is 11.5. The molecule has 3 rings (SSSR count). The molecule has 2 heterocycles. The molecular formula is C16H22N2O5S. The molecule has 0 bridgehead atoms. The Kier molecular flexibility index (Phi) is 5.19. The lowest BCUT2D eigenvalue weighted by atomic mass is 10.1. The number of aryl methyl sites for hydroxylation is 1. The molecule has 132 valence electrons. The number of carbonyl (C=O) groups is 1. The molecule has 1 N–H and O–H groups in total. The summed E-state index contributed by atoms with van der Waals surface area (Å²) < 4.78 is 37.3. The second-order valence-corrected chi connectivity index (χ2v) is 7.98. The Labute approximate surface area is 142 Å². The molecule has 2 fully saturated rings. The molecule has 24 heavy (non-hydrogen) atoms. The average Bonchev–Trinajstić information content (AvgIpc) is 3.12. The normalized spacial score (nSPS) is 22.5. The maximum Gasteiger partial charge on any atom is 0.243 e. The van der Waals surface area contributed by atoms with Crippen LogP contribution in [0.15, 0.2) is 23.1 Å². The van der Waals surface area contributed by atoms with Crippen LogP contribution in [0, 0.1) is 12.8 Å². The van der Waals surface area contributed by atoms with Crippen LogP contribution in [0.2, 0.25) is 0 Å². The molecule has 2 aliphatic heterocycles. The number of benzene rings is 1. The fourth-order valence-corrected chi connectivity index (χ4v) is 4.24. The monoisotopic (exact) mass is 354 g/mol. The first kappa shape index (κ1) is 17.3. The van der Waals surface area contributed by atoms with Crippen molar-refractivity contribution in [2.45, 2.75) is 18.2 Å². The molecule has 1 unspecified atom stereocenters. The molecule has 0 spiro atoms. The van der Waals surface area contributed by atoms with Crippen molar-refractivity contribution in [3.05, 3.63) is 23.8 Å². The zero-order valence-electron chi connectivity index (χ0n) is 13.7. The lowest BCUT2D eigenvalue weighted by Gasteiger charge is -2.26. The van der Waals surface area contributed by atoms with Crippen LogP contribution >= 0.6 is 0 Å². The molecule has 0 aliphatic carbocycles. The summed E-state index contributed by atoms with van der Waals surface area (Å²) in [5.74, 6) is -0.305. The van der Waals surface area contributed by atoms with Gasteiger partial charge in [0.05, 0.1) is 30.6 Å². The van der Waals surface area contributed by atoms with Gasteiger partial charge in [-0.15, -0.1) is 0 Å². The number of sulfonamides is 1. The molecule has 7 nitrogen and oxygen atoms in total. The standard InChI is InChI=1S/C16H22N2O5S/c1-12-2-3-14(24(20,21)18-5-8-22-9-6-18)10-15(12)17-16(19)13-4-7-23-11-13/h2-3,10,13H,4-9,11H2,1H3,(H,17,19). The molecule has 0 aromatic heterocycles. The number of hydrogen-bond acceptors (Lipinski definition) is 5. The Morgan fingerprint density at radius 2 is 1.96 bits per heavy atom. The molecular weight excluding hydrogens is 332 g/mol. The Balaban J connectivity index is 1.81. The third-order valence-corrected chi connectivity index (χ3v) is 6.27. The highest BCUT2D eigenvalue weighted by Crippen LogP contribution is 2.25. The number of morpholine rings is 1. The van der Waals surface area contributed by atoms with Crippen molar-refractivity contribution < 1.29 is 22.7 Å². The van der Waals surface area contributed by atoms with Gasteiger partial charge in [0.2, 0.25) is 15.9 Å². The summed E-state index contributed by atoms with van der Waals surface area (Å²) in [6, 6.07) is 4.83. The van der Waals surface area contributed by atoms with Gasteiger partial charge in [-0.2, -0.15) is 4.31 Å². The Bertz CT molecular complexity index is 707. The number of nitrogens with one attached hydrogen (secondary N) is 1. The summed E-state index contributed by atoms with van der Waals surface area (Å²) in [4.78, 5) is 12.5. The molecule has 1 atom stereocenters. The maximum atomic E-state index is 12.7. The summed E-state index contributed by atoms with van der Waals surface area (Å²) >= 11 is 0. The van der Waals surface area contributed by atoms with Crippen molar-refractivity contribution >= 4 is 21.6 Å². The molecule has 2 saturated heterocycles. The molecule has 2 aliphatic rings. The SMILES string of the molecule is Cc1ccc(S(=O)(=O)N2CCOCC2)cc1NC(=O)C1CCOC1. The van der Waals surface area contributed by atoms with Crippen LogP contribution in [0.1, 0.15) is 12.0 Å². The molecule has 1 aromatic rings. The lowest BCUT2D eigenvalue weighted by molar-refractivity contribution is -0.119. The summed E-state index contributed by atoms with van der Waals surface area (Å²) in [5.41, 5.74) is 1.35. The van der Waals surface area contributed by atoms with Crippen LogP contribution in [0.25, 0.3) is 0 Å². The summed E-state index contributed by atoms with van der Waals surface area (Å²) in [5, 5.41) is 2.84. The fourth-order valence-electron chi connectivity index (χ4n) is 2.81. The van der Waals surface area contributed by atoms with Gasteiger partial charge >= 0.3 is 0 Å². The van der Waals surface area contributed by atoms with E-state index in [9.17, 15) is 13.2 Å². The zero-order chi connectivity index (χ0) is 17.2.